The SMILES string of the molecule is CC(O)CC1CCCN1Cc1ccc(OC(F)(F)F)cc1. The van der Waals surface area contributed by atoms with E-state index in [1.807, 2.05) is 0 Å². The number of benzene rings is 1. The summed E-state index contributed by atoms with van der Waals surface area (Å²) in [6.45, 7) is 3.42. The van der Waals surface area contributed by atoms with Crippen LogP contribution in [0.4, 0.5) is 13.2 Å². The van der Waals surface area contributed by atoms with Gasteiger partial charge < -0.3 is 9.84 Å². The van der Waals surface area contributed by atoms with Crippen LogP contribution in [0.15, 0.2) is 24.3 Å². The molecule has 1 aliphatic heterocycles. The number of likely N-dealkylation sites (tertiary alicyclic amines) is 1. The van der Waals surface area contributed by atoms with Crippen LogP contribution in [0.5, 0.6) is 5.75 Å². The lowest BCUT2D eigenvalue weighted by atomic mass is 10.1. The molecule has 0 radical (unpaired) electrons. The average Bonchev–Trinajstić information content (AvgIpc) is 2.76. The molecule has 0 bridgehead atoms. The zero-order valence-corrected chi connectivity index (χ0v) is 11.9. The molecular formula is C15H20F3NO2. The highest BCUT2D eigenvalue weighted by Crippen LogP contribution is 2.26. The Labute approximate surface area is 122 Å². The first-order valence-corrected chi connectivity index (χ1v) is 7.10. The molecule has 1 aliphatic rings. The van der Waals surface area contributed by atoms with Crippen molar-refractivity contribution in [2.24, 2.45) is 0 Å². The maximum atomic E-state index is 12.1. The fourth-order valence-electron chi connectivity index (χ4n) is 2.80. The van der Waals surface area contributed by atoms with Gasteiger partial charge in [0.25, 0.3) is 0 Å². The summed E-state index contributed by atoms with van der Waals surface area (Å²) < 4.78 is 40.1. The molecule has 1 saturated heterocycles. The molecule has 1 N–H and O–H groups in total. The third-order valence-electron chi connectivity index (χ3n) is 3.65. The van der Waals surface area contributed by atoms with Gasteiger partial charge >= 0.3 is 6.36 Å². The van der Waals surface area contributed by atoms with E-state index in [0.29, 0.717) is 12.6 Å². The summed E-state index contributed by atoms with van der Waals surface area (Å²) >= 11 is 0. The van der Waals surface area contributed by atoms with E-state index in [9.17, 15) is 18.3 Å². The molecule has 0 saturated carbocycles. The van der Waals surface area contributed by atoms with E-state index in [2.05, 4.69) is 9.64 Å². The van der Waals surface area contributed by atoms with E-state index in [1.54, 1.807) is 19.1 Å². The largest absolute Gasteiger partial charge is 0.573 e. The molecule has 0 aliphatic carbocycles. The average molecular weight is 303 g/mol. The van der Waals surface area contributed by atoms with Gasteiger partial charge in [0, 0.05) is 12.6 Å². The number of rotatable bonds is 5. The Kier molecular flexibility index (Phi) is 5.11. The van der Waals surface area contributed by atoms with Gasteiger partial charge in [-0.05, 0) is 50.4 Å². The van der Waals surface area contributed by atoms with E-state index in [-0.39, 0.29) is 11.9 Å². The van der Waals surface area contributed by atoms with E-state index in [4.69, 9.17) is 0 Å². The molecule has 6 heteroatoms. The number of alkyl halides is 3. The maximum absolute atomic E-state index is 12.1. The van der Waals surface area contributed by atoms with E-state index >= 15 is 0 Å². The lowest BCUT2D eigenvalue weighted by Crippen LogP contribution is -2.31. The molecule has 1 aromatic rings. The van der Waals surface area contributed by atoms with Gasteiger partial charge in [-0.15, -0.1) is 13.2 Å². The van der Waals surface area contributed by atoms with Crippen LogP contribution >= 0.6 is 0 Å². The van der Waals surface area contributed by atoms with Crippen molar-refractivity contribution in [1.29, 1.82) is 0 Å². The summed E-state index contributed by atoms with van der Waals surface area (Å²) in [4.78, 5) is 2.27. The lowest BCUT2D eigenvalue weighted by molar-refractivity contribution is -0.274. The van der Waals surface area contributed by atoms with Gasteiger partial charge in [-0.25, -0.2) is 0 Å². The molecule has 3 nitrogen and oxygen atoms in total. The molecular weight excluding hydrogens is 283 g/mol. The molecule has 21 heavy (non-hydrogen) atoms. The van der Waals surface area contributed by atoms with Gasteiger partial charge in [-0.2, -0.15) is 0 Å². The number of hydrogen-bond acceptors (Lipinski definition) is 3. The van der Waals surface area contributed by atoms with Crippen LogP contribution in [0, 0.1) is 0 Å². The number of hydrogen-bond donors (Lipinski definition) is 1. The van der Waals surface area contributed by atoms with Crippen molar-refractivity contribution in [2.45, 2.75) is 51.2 Å². The Hall–Kier alpha value is -1.27. The first kappa shape index (κ1) is 16.1. The molecule has 1 aromatic carbocycles. The minimum absolute atomic E-state index is 0.201. The number of aliphatic hydroxyl groups excluding tert-OH is 1. The maximum Gasteiger partial charge on any atom is 0.573 e. The third-order valence-corrected chi connectivity index (χ3v) is 3.65. The van der Waals surface area contributed by atoms with Crippen molar-refractivity contribution < 1.29 is 23.0 Å². The summed E-state index contributed by atoms with van der Waals surface area (Å²) in [6.07, 6.45) is -2.11. The van der Waals surface area contributed by atoms with Crippen molar-refractivity contribution in [3.63, 3.8) is 0 Å². The second-order valence-electron chi connectivity index (χ2n) is 5.54. The highest BCUT2D eigenvalue weighted by atomic mass is 19.4. The first-order chi connectivity index (χ1) is 9.83. The number of ether oxygens (including phenoxy) is 1. The lowest BCUT2D eigenvalue weighted by Gasteiger charge is -2.25. The first-order valence-electron chi connectivity index (χ1n) is 7.10. The molecule has 2 atom stereocenters. The summed E-state index contributed by atoms with van der Waals surface area (Å²) in [5, 5.41) is 9.49. The van der Waals surface area contributed by atoms with Crippen LogP contribution in [0.3, 0.4) is 0 Å². The van der Waals surface area contributed by atoms with E-state index in [1.165, 1.54) is 12.1 Å². The van der Waals surface area contributed by atoms with Crippen LogP contribution < -0.4 is 4.74 Å². The zero-order chi connectivity index (χ0) is 15.5. The third kappa shape index (κ3) is 5.21. The summed E-state index contributed by atoms with van der Waals surface area (Å²) in [6, 6.07) is 6.32. The van der Waals surface area contributed by atoms with Crippen molar-refractivity contribution >= 4 is 0 Å². The fourth-order valence-corrected chi connectivity index (χ4v) is 2.80. The second kappa shape index (κ2) is 6.66. The second-order valence-corrected chi connectivity index (χ2v) is 5.54. The predicted octanol–water partition coefficient (Wildman–Crippen LogP) is 3.32. The van der Waals surface area contributed by atoms with E-state index < -0.39 is 6.36 Å². The monoisotopic (exact) mass is 303 g/mol. The minimum atomic E-state index is -4.65. The van der Waals surface area contributed by atoms with Crippen LogP contribution in [0.1, 0.15) is 31.7 Å². The van der Waals surface area contributed by atoms with Gasteiger partial charge in [0.05, 0.1) is 6.10 Å². The smallest absolute Gasteiger partial charge is 0.406 e. The van der Waals surface area contributed by atoms with E-state index in [0.717, 1.165) is 31.4 Å². The van der Waals surface area contributed by atoms with Crippen molar-refractivity contribution in [3.05, 3.63) is 29.8 Å². The fraction of sp³-hybridized carbons (Fsp3) is 0.600. The van der Waals surface area contributed by atoms with Crippen LogP contribution in [-0.4, -0.2) is 35.1 Å². The van der Waals surface area contributed by atoms with Gasteiger partial charge in [0.15, 0.2) is 0 Å². The molecule has 0 aromatic heterocycles. The Balaban J connectivity index is 1.93. The minimum Gasteiger partial charge on any atom is -0.406 e. The van der Waals surface area contributed by atoms with Gasteiger partial charge in [-0.1, -0.05) is 12.1 Å². The highest BCUT2D eigenvalue weighted by molar-refractivity contribution is 5.27. The Morgan fingerprint density at radius 3 is 2.57 bits per heavy atom. The summed E-state index contributed by atoms with van der Waals surface area (Å²) in [5.74, 6) is -0.201. The van der Waals surface area contributed by atoms with Crippen LogP contribution in [0.2, 0.25) is 0 Å². The van der Waals surface area contributed by atoms with Crippen LogP contribution in [-0.2, 0) is 6.54 Å². The van der Waals surface area contributed by atoms with Crippen molar-refractivity contribution in [1.82, 2.24) is 4.90 Å². The molecule has 1 heterocycles. The molecule has 118 valence electrons. The predicted molar refractivity (Wildman–Crippen MR) is 72.9 cm³/mol. The Bertz CT molecular complexity index is 445. The summed E-state index contributed by atoms with van der Waals surface area (Å²) in [5.41, 5.74) is 0.946. The number of nitrogens with zero attached hydrogens (tertiary/aromatic N) is 1. The highest BCUT2D eigenvalue weighted by Gasteiger charge is 2.31. The van der Waals surface area contributed by atoms with Crippen LogP contribution in [0.25, 0.3) is 0 Å². The topological polar surface area (TPSA) is 32.7 Å². The summed E-state index contributed by atoms with van der Waals surface area (Å²) in [7, 11) is 0. The van der Waals surface area contributed by atoms with Gasteiger partial charge in [0.2, 0.25) is 0 Å². The van der Waals surface area contributed by atoms with Crippen molar-refractivity contribution in [2.75, 3.05) is 6.54 Å². The molecule has 2 unspecified atom stereocenters. The Morgan fingerprint density at radius 1 is 1.33 bits per heavy atom. The van der Waals surface area contributed by atoms with Crippen molar-refractivity contribution in [3.8, 4) is 5.75 Å². The molecule has 0 amide bonds. The standard InChI is InChI=1S/C15H20F3NO2/c1-11(20)9-13-3-2-8-19(13)10-12-4-6-14(7-5-12)21-15(16,17)18/h4-7,11,13,20H,2-3,8-10H2,1H3. The molecule has 1 fully saturated rings. The normalized spacial score (nSPS) is 21.5. The quantitative estimate of drug-likeness (QED) is 0.906. The zero-order valence-electron chi connectivity index (χ0n) is 11.9. The van der Waals surface area contributed by atoms with Gasteiger partial charge in [0.1, 0.15) is 5.75 Å². The van der Waals surface area contributed by atoms with Gasteiger partial charge in [-0.3, -0.25) is 4.90 Å². The number of aliphatic hydroxyl groups is 1. The Morgan fingerprint density at radius 2 is 2.00 bits per heavy atom. The number of halogens is 3. The molecule has 2 rings (SSSR count). The molecule has 0 spiro atoms.